The van der Waals surface area contributed by atoms with Crippen molar-refractivity contribution in [2.24, 2.45) is 5.10 Å². The zero-order chi connectivity index (χ0) is 14.2. The topological polar surface area (TPSA) is 33.6 Å². The molecule has 0 aliphatic heterocycles. The normalized spacial score (nSPS) is 11.2. The van der Waals surface area contributed by atoms with Crippen LogP contribution in [-0.4, -0.2) is 12.3 Å². The Balaban J connectivity index is 2.01. The van der Waals surface area contributed by atoms with Gasteiger partial charge < -0.3 is 4.74 Å². The number of rotatable bonds is 6. The fraction of sp³-hybridized carbons (Fsp3) is 0.235. The van der Waals surface area contributed by atoms with Crippen molar-refractivity contribution in [2.45, 2.75) is 26.6 Å². The molecule has 104 valence electrons. The average Bonchev–Trinajstić information content (AvgIpc) is 2.47. The number of nitrogens with one attached hydrogen (secondary N) is 1. The Morgan fingerprint density at radius 1 is 1.05 bits per heavy atom. The molecule has 3 heteroatoms. The summed E-state index contributed by atoms with van der Waals surface area (Å²) in [5, 5.41) is 4.27. The largest absolute Gasteiger partial charge is 0.374 e. The summed E-state index contributed by atoms with van der Waals surface area (Å²) in [6.45, 7) is 4.67. The molecule has 0 saturated carbocycles. The molecule has 0 aliphatic carbocycles. The first-order chi connectivity index (χ1) is 9.75. The lowest BCUT2D eigenvalue weighted by atomic mass is 10.1. The summed E-state index contributed by atoms with van der Waals surface area (Å²) in [6.07, 6.45) is 2.05. The minimum Gasteiger partial charge on any atom is -0.374 e. The van der Waals surface area contributed by atoms with Crippen molar-refractivity contribution in [2.75, 3.05) is 5.43 Å². The van der Waals surface area contributed by atoms with Crippen LogP contribution in [0.15, 0.2) is 59.7 Å². The van der Waals surface area contributed by atoms with Crippen molar-refractivity contribution >= 4 is 11.9 Å². The summed E-state index contributed by atoms with van der Waals surface area (Å²) in [4.78, 5) is 0. The number of hydrazone groups is 1. The molecule has 0 fully saturated rings. The molecule has 2 aromatic carbocycles. The van der Waals surface area contributed by atoms with Gasteiger partial charge in [0.15, 0.2) is 0 Å². The van der Waals surface area contributed by atoms with Gasteiger partial charge in [0.1, 0.15) is 0 Å². The predicted molar refractivity (Wildman–Crippen MR) is 84.0 cm³/mol. The van der Waals surface area contributed by atoms with Gasteiger partial charge in [0.2, 0.25) is 0 Å². The number of hydrogen-bond acceptors (Lipinski definition) is 3. The van der Waals surface area contributed by atoms with Crippen LogP contribution in [0.5, 0.6) is 0 Å². The minimum absolute atomic E-state index is 0.224. The molecule has 0 spiro atoms. The maximum atomic E-state index is 5.65. The Labute approximate surface area is 120 Å². The van der Waals surface area contributed by atoms with Crippen LogP contribution < -0.4 is 5.43 Å². The molecule has 0 atom stereocenters. The molecule has 0 amide bonds. The van der Waals surface area contributed by atoms with E-state index < -0.39 is 0 Å². The van der Waals surface area contributed by atoms with Crippen molar-refractivity contribution in [3.8, 4) is 0 Å². The SMILES string of the molecule is CC(C)OCc1ccccc1C=NNc1ccccc1. The molecule has 0 heterocycles. The molecule has 0 bridgehead atoms. The third-order valence-corrected chi connectivity index (χ3v) is 2.80. The smallest absolute Gasteiger partial charge is 0.0726 e. The number of hydrogen-bond donors (Lipinski definition) is 1. The van der Waals surface area contributed by atoms with E-state index >= 15 is 0 Å². The summed E-state index contributed by atoms with van der Waals surface area (Å²) >= 11 is 0. The summed E-state index contributed by atoms with van der Waals surface area (Å²) in [5.74, 6) is 0. The van der Waals surface area contributed by atoms with Crippen LogP contribution in [0.25, 0.3) is 0 Å². The van der Waals surface area contributed by atoms with E-state index in [2.05, 4.69) is 16.6 Å². The van der Waals surface area contributed by atoms with Crippen LogP contribution in [0.4, 0.5) is 5.69 Å². The zero-order valence-corrected chi connectivity index (χ0v) is 11.9. The Morgan fingerprint density at radius 2 is 1.75 bits per heavy atom. The zero-order valence-electron chi connectivity index (χ0n) is 11.9. The molecule has 0 saturated heterocycles. The lowest BCUT2D eigenvalue weighted by molar-refractivity contribution is 0.0656. The van der Waals surface area contributed by atoms with Crippen molar-refractivity contribution in [1.82, 2.24) is 0 Å². The maximum Gasteiger partial charge on any atom is 0.0726 e. The quantitative estimate of drug-likeness (QED) is 0.633. The van der Waals surface area contributed by atoms with Gasteiger partial charge in [-0.3, -0.25) is 5.43 Å². The van der Waals surface area contributed by atoms with Gasteiger partial charge in [0.05, 0.1) is 24.6 Å². The minimum atomic E-state index is 0.224. The summed E-state index contributed by atoms with van der Waals surface area (Å²) in [6, 6.07) is 18.0. The fourth-order valence-corrected chi connectivity index (χ4v) is 1.74. The van der Waals surface area contributed by atoms with E-state index in [1.807, 2.05) is 68.6 Å². The second-order valence-electron chi connectivity index (χ2n) is 4.79. The number of nitrogens with zero attached hydrogens (tertiary/aromatic N) is 1. The van der Waals surface area contributed by atoms with Crippen molar-refractivity contribution in [1.29, 1.82) is 0 Å². The molecule has 20 heavy (non-hydrogen) atoms. The lowest BCUT2D eigenvalue weighted by Gasteiger charge is -2.09. The van der Waals surface area contributed by atoms with Gasteiger partial charge in [-0.05, 0) is 31.5 Å². The summed E-state index contributed by atoms with van der Waals surface area (Å²) < 4.78 is 5.65. The molecule has 1 N–H and O–H groups in total. The second kappa shape index (κ2) is 7.46. The van der Waals surface area contributed by atoms with Crippen LogP contribution in [0.1, 0.15) is 25.0 Å². The monoisotopic (exact) mass is 268 g/mol. The molecule has 0 radical (unpaired) electrons. The second-order valence-corrected chi connectivity index (χ2v) is 4.79. The van der Waals surface area contributed by atoms with Gasteiger partial charge in [-0.1, -0.05) is 42.5 Å². The highest BCUT2D eigenvalue weighted by Gasteiger charge is 2.01. The third kappa shape index (κ3) is 4.52. The van der Waals surface area contributed by atoms with Crippen LogP contribution >= 0.6 is 0 Å². The van der Waals surface area contributed by atoms with Crippen LogP contribution in [-0.2, 0) is 11.3 Å². The van der Waals surface area contributed by atoms with Crippen LogP contribution in [0, 0.1) is 0 Å². The van der Waals surface area contributed by atoms with Gasteiger partial charge in [0.25, 0.3) is 0 Å². The number of para-hydroxylation sites is 1. The standard InChI is InChI=1S/C17H20N2O/c1-14(2)20-13-16-9-7-6-8-15(16)12-18-19-17-10-4-3-5-11-17/h3-12,14,19H,13H2,1-2H3. The van der Waals surface area contributed by atoms with Gasteiger partial charge in [-0.2, -0.15) is 5.10 Å². The molecule has 0 unspecified atom stereocenters. The summed E-state index contributed by atoms with van der Waals surface area (Å²) in [5.41, 5.74) is 6.19. The van der Waals surface area contributed by atoms with E-state index in [1.54, 1.807) is 0 Å². The van der Waals surface area contributed by atoms with E-state index in [9.17, 15) is 0 Å². The number of ether oxygens (including phenoxy) is 1. The third-order valence-electron chi connectivity index (χ3n) is 2.80. The molecule has 3 nitrogen and oxygen atoms in total. The van der Waals surface area contributed by atoms with E-state index in [1.165, 1.54) is 0 Å². The van der Waals surface area contributed by atoms with Crippen molar-refractivity contribution in [3.05, 3.63) is 65.7 Å². The Bertz CT molecular complexity index is 550. The first kappa shape index (κ1) is 14.3. The summed E-state index contributed by atoms with van der Waals surface area (Å²) in [7, 11) is 0. The van der Waals surface area contributed by atoms with Gasteiger partial charge in [0, 0.05) is 5.56 Å². The highest BCUT2D eigenvalue weighted by Crippen LogP contribution is 2.10. The fourth-order valence-electron chi connectivity index (χ4n) is 1.74. The molecular formula is C17H20N2O. The molecule has 0 aromatic heterocycles. The maximum absolute atomic E-state index is 5.65. The highest BCUT2D eigenvalue weighted by atomic mass is 16.5. The Morgan fingerprint density at radius 3 is 2.50 bits per heavy atom. The van der Waals surface area contributed by atoms with Crippen molar-refractivity contribution < 1.29 is 4.74 Å². The average molecular weight is 268 g/mol. The van der Waals surface area contributed by atoms with Crippen molar-refractivity contribution in [3.63, 3.8) is 0 Å². The van der Waals surface area contributed by atoms with Gasteiger partial charge in [-0.15, -0.1) is 0 Å². The molecule has 2 aromatic rings. The molecular weight excluding hydrogens is 248 g/mol. The molecule has 2 rings (SSSR count). The van der Waals surface area contributed by atoms with E-state index in [0.29, 0.717) is 6.61 Å². The Kier molecular flexibility index (Phi) is 5.33. The van der Waals surface area contributed by atoms with Gasteiger partial charge in [-0.25, -0.2) is 0 Å². The van der Waals surface area contributed by atoms with Crippen LogP contribution in [0.3, 0.4) is 0 Å². The first-order valence-corrected chi connectivity index (χ1v) is 6.79. The van der Waals surface area contributed by atoms with E-state index in [-0.39, 0.29) is 6.10 Å². The van der Waals surface area contributed by atoms with Crippen LogP contribution in [0.2, 0.25) is 0 Å². The predicted octanol–water partition coefficient (Wildman–Crippen LogP) is 4.06. The molecule has 0 aliphatic rings. The first-order valence-electron chi connectivity index (χ1n) is 6.79. The number of benzene rings is 2. The highest BCUT2D eigenvalue weighted by molar-refractivity contribution is 5.82. The number of anilines is 1. The van der Waals surface area contributed by atoms with E-state index in [4.69, 9.17) is 4.74 Å². The lowest BCUT2D eigenvalue weighted by Crippen LogP contribution is -2.04. The Hall–Kier alpha value is -2.13. The van der Waals surface area contributed by atoms with E-state index in [0.717, 1.165) is 16.8 Å². The van der Waals surface area contributed by atoms with Gasteiger partial charge >= 0.3 is 0 Å².